The second-order valence-electron chi connectivity index (χ2n) is 11.5. The molecule has 0 aromatic rings. The number of fused-ring (bicyclic) bond motifs is 5. The van der Waals surface area contributed by atoms with Gasteiger partial charge in [0.1, 0.15) is 5.78 Å². The molecule has 0 aromatic heterocycles. The monoisotopic (exact) mass is 382 g/mol. The molecule has 0 aromatic carbocycles. The lowest BCUT2D eigenvalue weighted by Gasteiger charge is -2.54. The van der Waals surface area contributed by atoms with Crippen LogP contribution in [0, 0.1) is 40.4 Å². The van der Waals surface area contributed by atoms with Crippen molar-refractivity contribution in [3.05, 3.63) is 23.3 Å². The van der Waals surface area contributed by atoms with E-state index in [0.717, 1.165) is 30.6 Å². The van der Waals surface area contributed by atoms with Crippen LogP contribution in [0.1, 0.15) is 98.8 Å². The second kappa shape index (κ2) is 7.44. The molecule has 3 saturated carbocycles. The van der Waals surface area contributed by atoms with Crippen LogP contribution in [0.4, 0.5) is 0 Å². The number of carbonyl (C=O) groups is 1. The summed E-state index contributed by atoms with van der Waals surface area (Å²) in [5.41, 5.74) is 4.48. The molecule has 4 aliphatic rings. The normalized spacial score (nSPS) is 40.9. The standard InChI is InChI=1S/C27H42O/c1-18(2)25(28)14-9-19(3)22-12-13-23-21-11-10-20-8-6-7-16-26(20,4)24(21)15-17-27(22,23)5/h10-11,18-19,22-24H,6-9,12-17H2,1-5H3/t19-,22-,23+,24+,26+,27-/m1/s1. The SMILES string of the molecule is CC(C)C(=O)CC[C@@H](C)[C@H]1CC[C@H]2C3=CC=C4CCCC[C@]4(C)[C@H]3CC[C@]12C. The Hall–Kier alpha value is -0.850. The first-order valence-corrected chi connectivity index (χ1v) is 12.2. The smallest absolute Gasteiger partial charge is 0.135 e. The third-order valence-electron chi connectivity index (χ3n) is 9.73. The molecular weight excluding hydrogens is 340 g/mol. The molecule has 0 bridgehead atoms. The molecule has 0 N–H and O–H groups in total. The molecule has 0 amide bonds. The highest BCUT2D eigenvalue weighted by molar-refractivity contribution is 5.80. The van der Waals surface area contributed by atoms with Crippen molar-refractivity contribution in [3.63, 3.8) is 0 Å². The Morgan fingerprint density at radius 1 is 1.04 bits per heavy atom. The molecule has 6 atom stereocenters. The fourth-order valence-electron chi connectivity index (χ4n) is 7.87. The van der Waals surface area contributed by atoms with Crippen molar-refractivity contribution < 1.29 is 4.79 Å². The molecule has 0 aliphatic heterocycles. The quantitative estimate of drug-likeness (QED) is 0.480. The van der Waals surface area contributed by atoms with Gasteiger partial charge in [-0.2, -0.15) is 0 Å². The van der Waals surface area contributed by atoms with E-state index < -0.39 is 0 Å². The highest BCUT2D eigenvalue weighted by atomic mass is 16.1. The van der Waals surface area contributed by atoms with Gasteiger partial charge in [-0.25, -0.2) is 0 Å². The van der Waals surface area contributed by atoms with E-state index in [0.29, 0.717) is 22.5 Å². The van der Waals surface area contributed by atoms with E-state index in [9.17, 15) is 4.79 Å². The van der Waals surface area contributed by atoms with Gasteiger partial charge >= 0.3 is 0 Å². The van der Waals surface area contributed by atoms with E-state index >= 15 is 0 Å². The Kier molecular flexibility index (Phi) is 5.43. The summed E-state index contributed by atoms with van der Waals surface area (Å²) in [5.74, 6) is 3.71. The summed E-state index contributed by atoms with van der Waals surface area (Å²) in [6, 6.07) is 0. The summed E-state index contributed by atoms with van der Waals surface area (Å²) in [7, 11) is 0. The number of ketones is 1. The molecule has 0 heterocycles. The van der Waals surface area contributed by atoms with Crippen molar-refractivity contribution in [2.24, 2.45) is 40.4 Å². The maximum absolute atomic E-state index is 12.2. The lowest BCUT2D eigenvalue weighted by Crippen LogP contribution is -2.45. The number of carbonyl (C=O) groups excluding carboxylic acids is 1. The van der Waals surface area contributed by atoms with Gasteiger partial charge < -0.3 is 0 Å². The number of rotatable bonds is 5. The summed E-state index contributed by atoms with van der Waals surface area (Å²) >= 11 is 0. The van der Waals surface area contributed by atoms with E-state index in [1.165, 1.54) is 51.4 Å². The first-order chi connectivity index (χ1) is 13.3. The number of allylic oxidation sites excluding steroid dienone is 4. The van der Waals surface area contributed by atoms with Crippen LogP contribution in [0.3, 0.4) is 0 Å². The maximum Gasteiger partial charge on any atom is 0.135 e. The van der Waals surface area contributed by atoms with Gasteiger partial charge in [-0.1, -0.05) is 64.3 Å². The predicted molar refractivity (Wildman–Crippen MR) is 118 cm³/mol. The topological polar surface area (TPSA) is 17.1 Å². The molecule has 156 valence electrons. The van der Waals surface area contributed by atoms with Crippen molar-refractivity contribution in [1.82, 2.24) is 0 Å². The van der Waals surface area contributed by atoms with E-state index in [4.69, 9.17) is 0 Å². The van der Waals surface area contributed by atoms with E-state index in [1.54, 1.807) is 5.57 Å². The largest absolute Gasteiger partial charge is 0.299 e. The lowest BCUT2D eigenvalue weighted by molar-refractivity contribution is -0.122. The van der Waals surface area contributed by atoms with Gasteiger partial charge in [0.2, 0.25) is 0 Å². The minimum absolute atomic E-state index is 0.194. The van der Waals surface area contributed by atoms with Crippen molar-refractivity contribution in [3.8, 4) is 0 Å². The van der Waals surface area contributed by atoms with Gasteiger partial charge in [0, 0.05) is 12.3 Å². The molecule has 4 aliphatic carbocycles. The van der Waals surface area contributed by atoms with Crippen molar-refractivity contribution in [2.75, 3.05) is 0 Å². The summed E-state index contributed by atoms with van der Waals surface area (Å²) in [6.45, 7) is 11.7. The molecule has 0 radical (unpaired) electrons. The minimum Gasteiger partial charge on any atom is -0.299 e. The van der Waals surface area contributed by atoms with Gasteiger partial charge in [0.05, 0.1) is 0 Å². The van der Waals surface area contributed by atoms with Gasteiger partial charge in [-0.05, 0) is 85.9 Å². The van der Waals surface area contributed by atoms with Crippen LogP contribution in [0.15, 0.2) is 23.3 Å². The molecule has 1 nitrogen and oxygen atoms in total. The molecule has 4 rings (SSSR count). The van der Waals surface area contributed by atoms with Crippen molar-refractivity contribution >= 4 is 5.78 Å². The molecule has 0 spiro atoms. The lowest BCUT2D eigenvalue weighted by atomic mass is 9.50. The van der Waals surface area contributed by atoms with Crippen LogP contribution in [-0.4, -0.2) is 5.78 Å². The Balaban J connectivity index is 1.52. The Morgan fingerprint density at radius 3 is 2.57 bits per heavy atom. The number of Topliss-reactive ketones (excluding diaryl/α,β-unsaturated/α-hetero) is 1. The van der Waals surface area contributed by atoms with Crippen LogP contribution in [0.5, 0.6) is 0 Å². The van der Waals surface area contributed by atoms with Gasteiger partial charge in [0.15, 0.2) is 0 Å². The predicted octanol–water partition coefficient (Wildman–Crippen LogP) is 7.52. The van der Waals surface area contributed by atoms with Crippen LogP contribution in [-0.2, 0) is 4.79 Å². The van der Waals surface area contributed by atoms with Gasteiger partial charge in [-0.3, -0.25) is 4.79 Å². The molecule has 0 unspecified atom stereocenters. The Labute approximate surface area is 173 Å². The third-order valence-corrected chi connectivity index (χ3v) is 9.73. The minimum atomic E-state index is 0.194. The average Bonchev–Trinajstić information content (AvgIpc) is 3.02. The van der Waals surface area contributed by atoms with Crippen LogP contribution in [0.25, 0.3) is 0 Å². The first-order valence-electron chi connectivity index (χ1n) is 12.2. The molecule has 0 saturated heterocycles. The fourth-order valence-corrected chi connectivity index (χ4v) is 7.87. The van der Waals surface area contributed by atoms with Crippen molar-refractivity contribution in [2.45, 2.75) is 98.8 Å². The van der Waals surface area contributed by atoms with Crippen molar-refractivity contribution in [1.29, 1.82) is 0 Å². The number of hydrogen-bond donors (Lipinski definition) is 0. The number of hydrogen-bond acceptors (Lipinski definition) is 1. The van der Waals surface area contributed by atoms with Gasteiger partial charge in [-0.15, -0.1) is 0 Å². The molecule has 3 fully saturated rings. The summed E-state index contributed by atoms with van der Waals surface area (Å²) in [6.07, 6.45) is 18.1. The summed E-state index contributed by atoms with van der Waals surface area (Å²) in [5, 5.41) is 0. The molecule has 28 heavy (non-hydrogen) atoms. The Morgan fingerprint density at radius 2 is 1.82 bits per heavy atom. The second-order valence-corrected chi connectivity index (χ2v) is 11.5. The Bertz CT molecular complexity index is 682. The summed E-state index contributed by atoms with van der Waals surface area (Å²) in [4.78, 5) is 12.2. The first kappa shape index (κ1) is 20.4. The maximum atomic E-state index is 12.2. The third kappa shape index (κ3) is 3.16. The zero-order chi connectivity index (χ0) is 20.1. The van der Waals surface area contributed by atoms with Gasteiger partial charge in [0.25, 0.3) is 0 Å². The molecular formula is C27H42O. The fraction of sp³-hybridized carbons (Fsp3) is 0.815. The zero-order valence-electron chi connectivity index (χ0n) is 19.0. The molecule has 1 heteroatoms. The van der Waals surface area contributed by atoms with E-state index in [2.05, 4.69) is 32.9 Å². The zero-order valence-corrected chi connectivity index (χ0v) is 19.0. The van der Waals surface area contributed by atoms with Crippen LogP contribution < -0.4 is 0 Å². The average molecular weight is 383 g/mol. The summed E-state index contributed by atoms with van der Waals surface area (Å²) < 4.78 is 0. The van der Waals surface area contributed by atoms with E-state index in [1.807, 2.05) is 19.4 Å². The van der Waals surface area contributed by atoms with E-state index in [-0.39, 0.29) is 5.92 Å². The highest BCUT2D eigenvalue weighted by Gasteiger charge is 2.56. The van der Waals surface area contributed by atoms with Crippen LogP contribution in [0.2, 0.25) is 0 Å². The highest BCUT2D eigenvalue weighted by Crippen LogP contribution is 2.66. The van der Waals surface area contributed by atoms with Crippen LogP contribution >= 0.6 is 0 Å².